The van der Waals surface area contributed by atoms with Crippen LogP contribution in [0.2, 0.25) is 0 Å². The van der Waals surface area contributed by atoms with Gasteiger partial charge in [-0.2, -0.15) is 0 Å². The number of primary amides is 1. The summed E-state index contributed by atoms with van der Waals surface area (Å²) in [7, 11) is 1.88. The number of aliphatic hydroxyl groups is 1. The molecule has 0 bridgehead atoms. The number of carbonyl (C=O) groups is 1. The highest BCUT2D eigenvalue weighted by atomic mass is 16.3. The van der Waals surface area contributed by atoms with Crippen LogP contribution in [0.25, 0.3) is 11.4 Å². The van der Waals surface area contributed by atoms with Gasteiger partial charge in [0.05, 0.1) is 23.6 Å². The highest BCUT2D eigenvalue weighted by Gasteiger charge is 2.26. The van der Waals surface area contributed by atoms with Gasteiger partial charge in [0.15, 0.2) is 0 Å². The first-order chi connectivity index (χ1) is 10.1. The van der Waals surface area contributed by atoms with Crippen LogP contribution in [-0.2, 0) is 19.9 Å². The molecule has 1 amide bonds. The van der Waals surface area contributed by atoms with E-state index < -0.39 is 5.91 Å². The molecule has 0 atom stereocenters. The minimum Gasteiger partial charge on any atom is -0.395 e. The third-order valence-electron chi connectivity index (χ3n) is 3.68. The first-order valence-electron chi connectivity index (χ1n) is 6.81. The summed E-state index contributed by atoms with van der Waals surface area (Å²) < 4.78 is 1.89. The summed E-state index contributed by atoms with van der Waals surface area (Å²) in [5.74, 6) is 0.0560. The van der Waals surface area contributed by atoms with E-state index in [1.54, 1.807) is 12.4 Å². The maximum atomic E-state index is 11.5. The number of rotatable bonds is 4. The van der Waals surface area contributed by atoms with Crippen molar-refractivity contribution in [3.05, 3.63) is 29.1 Å². The van der Waals surface area contributed by atoms with Crippen LogP contribution in [0.3, 0.4) is 0 Å². The van der Waals surface area contributed by atoms with E-state index in [2.05, 4.69) is 15.3 Å². The van der Waals surface area contributed by atoms with Crippen molar-refractivity contribution in [3.63, 3.8) is 0 Å². The summed E-state index contributed by atoms with van der Waals surface area (Å²) in [5, 5.41) is 11.8. The molecular formula is C14H17N5O2. The first kappa shape index (κ1) is 13.6. The molecule has 4 N–H and O–H groups in total. The Morgan fingerprint density at radius 2 is 2.33 bits per heavy atom. The molecule has 21 heavy (non-hydrogen) atoms. The van der Waals surface area contributed by atoms with Crippen LogP contribution in [0.1, 0.15) is 21.5 Å². The van der Waals surface area contributed by atoms with Crippen LogP contribution < -0.4 is 11.1 Å². The van der Waals surface area contributed by atoms with Crippen molar-refractivity contribution >= 4 is 11.9 Å². The summed E-state index contributed by atoms with van der Waals surface area (Å²) in [4.78, 5) is 20.3. The lowest BCUT2D eigenvalue weighted by atomic mass is 9.92. The predicted molar refractivity (Wildman–Crippen MR) is 77.9 cm³/mol. The number of nitrogens with two attached hydrogens (primary N) is 1. The lowest BCUT2D eigenvalue weighted by Crippen LogP contribution is -2.16. The Bertz CT molecular complexity index is 708. The van der Waals surface area contributed by atoms with E-state index in [1.165, 1.54) is 0 Å². The molecule has 7 heteroatoms. The molecule has 0 aromatic carbocycles. The fourth-order valence-electron chi connectivity index (χ4n) is 2.76. The molecule has 0 spiro atoms. The summed E-state index contributed by atoms with van der Waals surface area (Å²) >= 11 is 0. The number of aromatic nitrogens is 3. The zero-order valence-corrected chi connectivity index (χ0v) is 11.8. The van der Waals surface area contributed by atoms with Gasteiger partial charge >= 0.3 is 0 Å². The quantitative estimate of drug-likeness (QED) is 0.738. The van der Waals surface area contributed by atoms with Crippen molar-refractivity contribution < 1.29 is 9.90 Å². The maximum Gasteiger partial charge on any atom is 0.250 e. The standard InChI is InChI=1S/C14H17N5O2/c1-19-7-10(13(15)21)9-3-2-8-6-17-14(16-4-5-20)18-11(8)12(9)19/h6-7,20H,2-5H2,1H3,(H2,15,21)(H,16,17,18). The number of hydrogen-bond acceptors (Lipinski definition) is 5. The summed E-state index contributed by atoms with van der Waals surface area (Å²) in [5.41, 5.74) is 9.73. The van der Waals surface area contributed by atoms with E-state index >= 15 is 0 Å². The lowest BCUT2D eigenvalue weighted by Gasteiger charge is -2.18. The Hall–Kier alpha value is -2.41. The van der Waals surface area contributed by atoms with E-state index in [0.29, 0.717) is 18.1 Å². The van der Waals surface area contributed by atoms with Gasteiger partial charge in [-0.3, -0.25) is 4.79 Å². The zero-order valence-electron chi connectivity index (χ0n) is 11.8. The summed E-state index contributed by atoms with van der Waals surface area (Å²) in [6.07, 6.45) is 5.09. The molecule has 0 fully saturated rings. The van der Waals surface area contributed by atoms with Gasteiger partial charge in [0.1, 0.15) is 0 Å². The molecular weight excluding hydrogens is 270 g/mol. The van der Waals surface area contributed by atoms with Gasteiger partial charge in [-0.25, -0.2) is 9.97 Å². The van der Waals surface area contributed by atoms with Crippen molar-refractivity contribution in [2.75, 3.05) is 18.5 Å². The monoisotopic (exact) mass is 287 g/mol. The number of nitrogens with one attached hydrogen (secondary N) is 1. The third-order valence-corrected chi connectivity index (χ3v) is 3.68. The van der Waals surface area contributed by atoms with Crippen LogP contribution >= 0.6 is 0 Å². The molecule has 110 valence electrons. The number of nitrogens with zero attached hydrogens (tertiary/aromatic N) is 3. The van der Waals surface area contributed by atoms with Crippen LogP contribution in [0, 0.1) is 0 Å². The Balaban J connectivity index is 2.10. The van der Waals surface area contributed by atoms with Gasteiger partial charge < -0.3 is 20.7 Å². The van der Waals surface area contributed by atoms with Crippen molar-refractivity contribution in [1.29, 1.82) is 0 Å². The predicted octanol–water partition coefficient (Wildman–Crippen LogP) is 0.0838. The van der Waals surface area contributed by atoms with E-state index in [1.807, 2.05) is 11.6 Å². The molecule has 2 aromatic heterocycles. The highest BCUT2D eigenvalue weighted by Crippen LogP contribution is 2.34. The molecule has 3 rings (SSSR count). The Labute approximate surface area is 121 Å². The van der Waals surface area contributed by atoms with E-state index in [4.69, 9.17) is 10.8 Å². The molecule has 0 radical (unpaired) electrons. The van der Waals surface area contributed by atoms with E-state index in [-0.39, 0.29) is 6.61 Å². The third kappa shape index (κ3) is 2.25. The topological polar surface area (TPSA) is 106 Å². The first-order valence-corrected chi connectivity index (χ1v) is 6.81. The number of fused-ring (bicyclic) bond motifs is 3. The van der Waals surface area contributed by atoms with E-state index in [0.717, 1.165) is 35.4 Å². The number of hydrogen-bond donors (Lipinski definition) is 3. The van der Waals surface area contributed by atoms with Gasteiger partial charge in [-0.05, 0) is 24.0 Å². The van der Waals surface area contributed by atoms with Crippen LogP contribution in [-0.4, -0.2) is 38.7 Å². The normalized spacial score (nSPS) is 12.7. The SMILES string of the molecule is Cn1cc(C(N)=O)c2c1-c1nc(NCCO)ncc1CC2. The second kappa shape index (κ2) is 5.17. The van der Waals surface area contributed by atoms with Crippen molar-refractivity contribution in [3.8, 4) is 11.4 Å². The summed E-state index contributed by atoms with van der Waals surface area (Å²) in [6.45, 7) is 0.410. The fraction of sp³-hybridized carbons (Fsp3) is 0.357. The largest absolute Gasteiger partial charge is 0.395 e. The molecule has 2 aromatic rings. The average Bonchev–Trinajstić information content (AvgIpc) is 2.82. The fourth-order valence-corrected chi connectivity index (χ4v) is 2.76. The molecule has 0 unspecified atom stereocenters. The van der Waals surface area contributed by atoms with Gasteiger partial charge in [-0.1, -0.05) is 0 Å². The Kier molecular flexibility index (Phi) is 3.34. The van der Waals surface area contributed by atoms with Crippen LogP contribution in [0.15, 0.2) is 12.4 Å². The average molecular weight is 287 g/mol. The van der Waals surface area contributed by atoms with Gasteiger partial charge in [0.25, 0.3) is 5.91 Å². The van der Waals surface area contributed by atoms with Gasteiger partial charge in [-0.15, -0.1) is 0 Å². The minimum absolute atomic E-state index is 0.0155. The second-order valence-corrected chi connectivity index (χ2v) is 5.06. The second-order valence-electron chi connectivity index (χ2n) is 5.06. The molecule has 1 aliphatic rings. The lowest BCUT2D eigenvalue weighted by molar-refractivity contribution is 0.0999. The molecule has 1 aliphatic carbocycles. The number of amides is 1. The van der Waals surface area contributed by atoms with Gasteiger partial charge in [0, 0.05) is 26.0 Å². The number of aryl methyl sites for hydroxylation is 2. The zero-order chi connectivity index (χ0) is 15.0. The Morgan fingerprint density at radius 3 is 3.05 bits per heavy atom. The van der Waals surface area contributed by atoms with Crippen LogP contribution in [0.5, 0.6) is 0 Å². The smallest absolute Gasteiger partial charge is 0.250 e. The van der Waals surface area contributed by atoms with Crippen LogP contribution in [0.4, 0.5) is 5.95 Å². The molecule has 0 saturated carbocycles. The van der Waals surface area contributed by atoms with Crippen molar-refractivity contribution in [1.82, 2.24) is 14.5 Å². The molecule has 2 heterocycles. The molecule has 7 nitrogen and oxygen atoms in total. The number of anilines is 1. The highest BCUT2D eigenvalue weighted by molar-refractivity contribution is 5.96. The maximum absolute atomic E-state index is 11.5. The Morgan fingerprint density at radius 1 is 1.52 bits per heavy atom. The van der Waals surface area contributed by atoms with Gasteiger partial charge in [0.2, 0.25) is 5.95 Å². The van der Waals surface area contributed by atoms with E-state index in [9.17, 15) is 4.79 Å². The number of aliphatic hydroxyl groups excluding tert-OH is 1. The van der Waals surface area contributed by atoms with Crippen molar-refractivity contribution in [2.24, 2.45) is 12.8 Å². The summed E-state index contributed by atoms with van der Waals surface area (Å²) in [6, 6.07) is 0. The number of carbonyl (C=O) groups excluding carboxylic acids is 1. The molecule has 0 saturated heterocycles. The minimum atomic E-state index is -0.414. The molecule has 0 aliphatic heterocycles. The van der Waals surface area contributed by atoms with Crippen molar-refractivity contribution in [2.45, 2.75) is 12.8 Å².